The summed E-state index contributed by atoms with van der Waals surface area (Å²) in [5.41, 5.74) is 1.50. The highest BCUT2D eigenvalue weighted by atomic mass is 127. The lowest BCUT2D eigenvalue weighted by atomic mass is 10.1. The summed E-state index contributed by atoms with van der Waals surface area (Å²) in [4.78, 5) is 6.57. The van der Waals surface area contributed by atoms with E-state index in [2.05, 4.69) is 10.3 Å². The van der Waals surface area contributed by atoms with Gasteiger partial charge in [0.2, 0.25) is 0 Å². The van der Waals surface area contributed by atoms with Crippen LogP contribution in [0.15, 0.2) is 23.2 Å². The molecule has 4 nitrogen and oxygen atoms in total. The van der Waals surface area contributed by atoms with Crippen molar-refractivity contribution in [3.8, 4) is 0 Å². The number of likely N-dealkylation sites (tertiary alicyclic amines) is 1. The number of halogens is 2. The zero-order valence-electron chi connectivity index (χ0n) is 12.5. The Labute approximate surface area is 142 Å². The van der Waals surface area contributed by atoms with Crippen LogP contribution in [-0.2, 0) is 6.54 Å². The quantitative estimate of drug-likeness (QED) is 0.459. The van der Waals surface area contributed by atoms with Gasteiger partial charge in [0.15, 0.2) is 5.96 Å². The van der Waals surface area contributed by atoms with Crippen LogP contribution >= 0.6 is 24.0 Å². The summed E-state index contributed by atoms with van der Waals surface area (Å²) in [5, 5.41) is 12.8. The highest BCUT2D eigenvalue weighted by molar-refractivity contribution is 14.0. The molecule has 0 aromatic heterocycles. The van der Waals surface area contributed by atoms with E-state index in [0.29, 0.717) is 18.7 Å². The Bertz CT molecular complexity index is 496. The molecule has 1 saturated heterocycles. The molecular weight excluding hydrogens is 384 g/mol. The molecule has 0 unspecified atom stereocenters. The van der Waals surface area contributed by atoms with Crippen LogP contribution in [0.5, 0.6) is 0 Å². The summed E-state index contributed by atoms with van der Waals surface area (Å²) in [7, 11) is 0. The molecule has 0 spiro atoms. The Morgan fingerprint density at radius 2 is 2.29 bits per heavy atom. The second kappa shape index (κ2) is 8.53. The molecule has 0 bridgehead atoms. The summed E-state index contributed by atoms with van der Waals surface area (Å²) in [6.07, 6.45) is 0.486. The number of aliphatic hydroxyl groups is 1. The first-order valence-corrected chi connectivity index (χ1v) is 7.06. The zero-order chi connectivity index (χ0) is 14.5. The molecule has 1 aliphatic heterocycles. The van der Waals surface area contributed by atoms with Gasteiger partial charge in [0.1, 0.15) is 5.82 Å². The SMILES string of the molecule is CCNC(=NCc1ccc(C)c(F)c1)N1CC[C@@H](O)C1.I. The Morgan fingerprint density at radius 3 is 2.86 bits per heavy atom. The molecule has 1 atom stereocenters. The molecule has 2 rings (SSSR count). The van der Waals surface area contributed by atoms with Crippen LogP contribution in [0.3, 0.4) is 0 Å². The van der Waals surface area contributed by atoms with Gasteiger partial charge in [-0.3, -0.25) is 0 Å². The maximum atomic E-state index is 13.5. The van der Waals surface area contributed by atoms with E-state index >= 15 is 0 Å². The average molecular weight is 407 g/mol. The Balaban J connectivity index is 0.00000220. The second-order valence-electron chi connectivity index (χ2n) is 5.14. The molecule has 0 radical (unpaired) electrons. The number of guanidine groups is 1. The number of aliphatic imine (C=N–C) groups is 1. The summed E-state index contributed by atoms with van der Waals surface area (Å²) >= 11 is 0. The molecule has 21 heavy (non-hydrogen) atoms. The van der Waals surface area contributed by atoms with Crippen LogP contribution in [0.25, 0.3) is 0 Å². The van der Waals surface area contributed by atoms with Crippen molar-refractivity contribution in [2.24, 2.45) is 4.99 Å². The number of benzene rings is 1. The van der Waals surface area contributed by atoms with Gasteiger partial charge >= 0.3 is 0 Å². The Morgan fingerprint density at radius 1 is 1.52 bits per heavy atom. The number of nitrogens with one attached hydrogen (secondary N) is 1. The molecule has 0 saturated carbocycles. The highest BCUT2D eigenvalue weighted by Crippen LogP contribution is 2.12. The maximum absolute atomic E-state index is 13.5. The fourth-order valence-corrected chi connectivity index (χ4v) is 2.26. The van der Waals surface area contributed by atoms with Crippen LogP contribution in [0, 0.1) is 12.7 Å². The zero-order valence-corrected chi connectivity index (χ0v) is 14.8. The van der Waals surface area contributed by atoms with Gasteiger partial charge in [-0.2, -0.15) is 0 Å². The van der Waals surface area contributed by atoms with Crippen LogP contribution in [-0.4, -0.2) is 41.7 Å². The predicted octanol–water partition coefficient (Wildman–Crippen LogP) is 2.28. The van der Waals surface area contributed by atoms with Gasteiger partial charge in [0.25, 0.3) is 0 Å². The smallest absolute Gasteiger partial charge is 0.194 e. The van der Waals surface area contributed by atoms with Crippen molar-refractivity contribution in [3.05, 3.63) is 35.1 Å². The van der Waals surface area contributed by atoms with E-state index in [1.807, 2.05) is 17.9 Å². The highest BCUT2D eigenvalue weighted by Gasteiger charge is 2.22. The first-order chi connectivity index (χ1) is 9.60. The number of β-amino-alcohol motifs (C(OH)–C–C–N with tert-alkyl or cyclic N) is 1. The summed E-state index contributed by atoms with van der Waals surface area (Å²) in [6.45, 7) is 6.37. The number of hydrogen-bond acceptors (Lipinski definition) is 2. The molecule has 2 N–H and O–H groups in total. The minimum Gasteiger partial charge on any atom is -0.391 e. The molecule has 1 aliphatic rings. The lowest BCUT2D eigenvalue weighted by molar-refractivity contribution is 0.188. The third-order valence-corrected chi connectivity index (χ3v) is 3.45. The van der Waals surface area contributed by atoms with Gasteiger partial charge in [0, 0.05) is 19.6 Å². The first kappa shape index (κ1) is 18.2. The van der Waals surface area contributed by atoms with E-state index < -0.39 is 0 Å². The Hall–Kier alpha value is -0.890. The topological polar surface area (TPSA) is 47.9 Å². The van der Waals surface area contributed by atoms with E-state index in [9.17, 15) is 9.50 Å². The Kier molecular flexibility index (Phi) is 7.37. The van der Waals surface area contributed by atoms with Gasteiger partial charge in [-0.05, 0) is 37.5 Å². The van der Waals surface area contributed by atoms with Crippen LogP contribution in [0.2, 0.25) is 0 Å². The van der Waals surface area contributed by atoms with E-state index in [1.165, 1.54) is 6.07 Å². The standard InChI is InChI=1S/C15H22FN3O.HI/c1-3-17-15(19-7-6-13(20)10-19)18-9-12-5-4-11(2)14(16)8-12;/h4-5,8,13,20H,3,6-7,9-10H2,1-2H3,(H,17,18);1H/t13-;/m1./s1. The monoisotopic (exact) mass is 407 g/mol. The number of nitrogens with zero attached hydrogens (tertiary/aromatic N) is 2. The first-order valence-electron chi connectivity index (χ1n) is 7.06. The molecule has 1 aromatic carbocycles. The van der Waals surface area contributed by atoms with E-state index in [4.69, 9.17) is 0 Å². The molecule has 1 heterocycles. The fraction of sp³-hybridized carbons (Fsp3) is 0.533. The molecule has 1 fully saturated rings. The van der Waals surface area contributed by atoms with Crippen molar-refractivity contribution in [2.75, 3.05) is 19.6 Å². The van der Waals surface area contributed by atoms with Gasteiger partial charge < -0.3 is 15.3 Å². The van der Waals surface area contributed by atoms with Crippen molar-refractivity contribution in [2.45, 2.75) is 32.9 Å². The average Bonchev–Trinajstić information content (AvgIpc) is 2.85. The largest absolute Gasteiger partial charge is 0.391 e. The lowest BCUT2D eigenvalue weighted by Gasteiger charge is -2.20. The normalized spacial score (nSPS) is 18.6. The number of hydrogen-bond donors (Lipinski definition) is 2. The van der Waals surface area contributed by atoms with E-state index in [1.54, 1.807) is 13.0 Å². The van der Waals surface area contributed by atoms with Crippen molar-refractivity contribution >= 4 is 29.9 Å². The third-order valence-electron chi connectivity index (χ3n) is 3.45. The predicted molar refractivity (Wildman–Crippen MR) is 93.6 cm³/mol. The van der Waals surface area contributed by atoms with Gasteiger partial charge in [0.05, 0.1) is 12.6 Å². The van der Waals surface area contributed by atoms with E-state index in [0.717, 1.165) is 31.0 Å². The second-order valence-corrected chi connectivity index (χ2v) is 5.14. The summed E-state index contributed by atoms with van der Waals surface area (Å²) < 4.78 is 13.5. The molecular formula is C15H23FIN3O. The van der Waals surface area contributed by atoms with Gasteiger partial charge in [-0.1, -0.05) is 12.1 Å². The van der Waals surface area contributed by atoms with Crippen LogP contribution in [0.4, 0.5) is 4.39 Å². The van der Waals surface area contributed by atoms with Crippen molar-refractivity contribution < 1.29 is 9.50 Å². The number of rotatable bonds is 3. The number of aliphatic hydroxyl groups excluding tert-OH is 1. The molecule has 1 aromatic rings. The van der Waals surface area contributed by atoms with Crippen LogP contribution < -0.4 is 5.32 Å². The summed E-state index contributed by atoms with van der Waals surface area (Å²) in [5.74, 6) is 0.587. The van der Waals surface area contributed by atoms with Gasteiger partial charge in [-0.15, -0.1) is 24.0 Å². The molecule has 118 valence electrons. The maximum Gasteiger partial charge on any atom is 0.194 e. The van der Waals surface area contributed by atoms with E-state index in [-0.39, 0.29) is 35.9 Å². The summed E-state index contributed by atoms with van der Waals surface area (Å²) in [6, 6.07) is 5.19. The minimum atomic E-state index is -0.282. The van der Waals surface area contributed by atoms with Crippen molar-refractivity contribution in [3.63, 3.8) is 0 Å². The molecule has 0 aliphatic carbocycles. The number of aryl methyl sites for hydroxylation is 1. The van der Waals surface area contributed by atoms with Crippen molar-refractivity contribution in [1.82, 2.24) is 10.2 Å². The third kappa shape index (κ3) is 5.10. The molecule has 0 amide bonds. The molecule has 6 heteroatoms. The fourth-order valence-electron chi connectivity index (χ4n) is 2.26. The van der Waals surface area contributed by atoms with Crippen molar-refractivity contribution in [1.29, 1.82) is 0 Å². The minimum absolute atomic E-state index is 0. The van der Waals surface area contributed by atoms with Gasteiger partial charge in [-0.25, -0.2) is 9.38 Å². The van der Waals surface area contributed by atoms with Crippen LogP contribution in [0.1, 0.15) is 24.5 Å². The lowest BCUT2D eigenvalue weighted by Crippen LogP contribution is -2.40.